The Hall–Kier alpha value is -6.65. The summed E-state index contributed by atoms with van der Waals surface area (Å²) >= 11 is 0. The molecule has 0 unspecified atom stereocenters. The van der Waals surface area contributed by atoms with E-state index in [1.165, 1.54) is 87.7 Å². The van der Waals surface area contributed by atoms with Crippen LogP contribution in [0.15, 0.2) is 30.3 Å². The molecule has 0 bridgehead atoms. The van der Waals surface area contributed by atoms with E-state index in [1.54, 1.807) is 41.5 Å². The number of carbonyl (C=O) groups excluding carboxylic acids is 11. The minimum Gasteiger partial charge on any atom is -0.390 e. The summed E-state index contributed by atoms with van der Waals surface area (Å²) < 4.78 is 0. The zero-order valence-corrected chi connectivity index (χ0v) is 58.7. The third-order valence-electron chi connectivity index (χ3n) is 17.3. The van der Waals surface area contributed by atoms with Gasteiger partial charge in [-0.1, -0.05) is 127 Å². The standard InChI is InChI=1S/C67H115N11O12/c1-24-48-63(86)72(17)37-53(79)73(18)49(33-38(2)3)60(83)71-54(42(10)11)66(89)74(19)50(34-39(4)5)59(82)68-45(15)58(81)69-46(16)62(85)75(20)51(35-40(6)7)64(87)76(21)52(36-41(8)9)65(88)77(22)55(43(12)13)67(90)78(23)56(61(84)70-48)57(80)44(14)29-28-32-47-30-26-25-27-31-47/h25-27,30-31,38-46,48-52,54-57,80H,24,28-29,32-37H2,1-23H3,(H,68,82)(H,69,81)(H,70,84)(H,71,83)/t44-,45+,46-,48+,49+,50+,51+,52+,54+,55+,56+,57-/m1/s1. The van der Waals surface area contributed by atoms with Crippen molar-refractivity contribution < 1.29 is 57.8 Å². The van der Waals surface area contributed by atoms with Crippen molar-refractivity contribution in [3.8, 4) is 0 Å². The fourth-order valence-corrected chi connectivity index (χ4v) is 11.6. The second-order valence-electron chi connectivity index (χ2n) is 27.7. The number of amides is 11. The fraction of sp³-hybridized carbons (Fsp3) is 0.746. The zero-order chi connectivity index (χ0) is 69.1. The van der Waals surface area contributed by atoms with E-state index in [0.29, 0.717) is 19.3 Å². The number of aryl methyl sites for hydroxylation is 1. The van der Waals surface area contributed by atoms with E-state index >= 15 is 19.2 Å². The molecule has 2 rings (SSSR count). The van der Waals surface area contributed by atoms with E-state index in [-0.39, 0.29) is 55.8 Å². The number of benzene rings is 1. The molecule has 0 radical (unpaired) electrons. The number of carbonyl (C=O) groups is 11. The normalized spacial score (nSPS) is 25.9. The number of aliphatic hydroxyl groups is 1. The van der Waals surface area contributed by atoms with Crippen LogP contribution in [-0.4, -0.2) is 227 Å². The first kappa shape index (κ1) is 79.4. The number of aliphatic hydroxyl groups excluding tert-OH is 1. The second kappa shape index (κ2) is 36.4. The summed E-state index contributed by atoms with van der Waals surface area (Å²) in [6, 6.07) is -2.60. The van der Waals surface area contributed by atoms with Crippen LogP contribution >= 0.6 is 0 Å². The van der Waals surface area contributed by atoms with E-state index < -0.39 is 156 Å². The van der Waals surface area contributed by atoms with Gasteiger partial charge in [0.05, 0.1) is 12.6 Å². The van der Waals surface area contributed by atoms with Gasteiger partial charge in [-0.25, -0.2) is 0 Å². The molecule has 1 heterocycles. The third kappa shape index (κ3) is 22.3. The molecule has 0 spiro atoms. The Bertz CT molecular complexity index is 2580. The largest absolute Gasteiger partial charge is 0.390 e. The van der Waals surface area contributed by atoms with Crippen LogP contribution in [0.5, 0.6) is 0 Å². The summed E-state index contributed by atoms with van der Waals surface area (Å²) in [5, 5.41) is 23.4. The van der Waals surface area contributed by atoms with Crippen molar-refractivity contribution in [2.24, 2.45) is 41.4 Å². The van der Waals surface area contributed by atoms with E-state index in [9.17, 15) is 38.7 Å². The first-order valence-electron chi connectivity index (χ1n) is 32.5. The maximum Gasteiger partial charge on any atom is 0.246 e. The van der Waals surface area contributed by atoms with E-state index in [1.807, 2.05) is 85.7 Å². The molecule has 0 aromatic heterocycles. The van der Waals surface area contributed by atoms with Gasteiger partial charge in [0.25, 0.3) is 0 Å². The molecular weight excluding hydrogens is 1150 g/mol. The average Bonchev–Trinajstić information content (AvgIpc) is 0.874. The summed E-state index contributed by atoms with van der Waals surface area (Å²) in [6.07, 6.45) is 0.865. The van der Waals surface area contributed by atoms with Crippen molar-refractivity contribution in [2.75, 3.05) is 55.9 Å². The number of rotatable bonds is 17. The molecule has 90 heavy (non-hydrogen) atoms. The molecular formula is C67H115N11O12. The van der Waals surface area contributed by atoms with Crippen LogP contribution in [0, 0.1) is 41.4 Å². The number of nitrogens with zero attached hydrogens (tertiary/aromatic N) is 7. The molecule has 510 valence electrons. The molecule has 1 aromatic rings. The predicted molar refractivity (Wildman–Crippen MR) is 348 cm³/mol. The van der Waals surface area contributed by atoms with Gasteiger partial charge in [0, 0.05) is 49.3 Å². The van der Waals surface area contributed by atoms with E-state index in [2.05, 4.69) is 21.3 Å². The molecule has 11 amide bonds. The molecule has 1 saturated heterocycles. The first-order valence-corrected chi connectivity index (χ1v) is 32.5. The van der Waals surface area contributed by atoms with Crippen molar-refractivity contribution in [3.05, 3.63) is 35.9 Å². The molecule has 12 atom stereocenters. The monoisotopic (exact) mass is 1270 g/mol. The van der Waals surface area contributed by atoms with Gasteiger partial charge in [-0.2, -0.15) is 0 Å². The zero-order valence-electron chi connectivity index (χ0n) is 58.7. The highest BCUT2D eigenvalue weighted by atomic mass is 16.3. The molecule has 1 aliphatic rings. The summed E-state index contributed by atoms with van der Waals surface area (Å²) in [7, 11) is 9.98. The molecule has 0 saturated carbocycles. The van der Waals surface area contributed by atoms with Crippen LogP contribution in [0.1, 0.15) is 161 Å². The SMILES string of the molecule is CC[C@@H]1NC(=O)[C@H]([C@H](O)[C@H](C)CCCc2ccccc2)N(C)C(=O)[C@H](C(C)C)N(C)C(=O)[C@H](CC(C)C)N(C)C(=O)[C@H](CC(C)C)N(C)C(=O)[C@@H](C)NC(=O)[C@H](C)NC(=O)[C@H](CC(C)C)N(C)C(=O)[C@H](C(C)C)NC(=O)[C@H](CC(C)C)N(C)C(=O)CN(C)C1=O. The van der Waals surface area contributed by atoms with Gasteiger partial charge >= 0.3 is 0 Å². The van der Waals surface area contributed by atoms with Crippen LogP contribution in [0.3, 0.4) is 0 Å². The highest BCUT2D eigenvalue weighted by Crippen LogP contribution is 2.26. The minimum absolute atomic E-state index is 0.0214. The molecule has 1 aromatic carbocycles. The third-order valence-corrected chi connectivity index (χ3v) is 17.3. The summed E-state index contributed by atoms with van der Waals surface area (Å²) in [6.45, 7) is 27.7. The van der Waals surface area contributed by atoms with Gasteiger partial charge in [0.2, 0.25) is 65.0 Å². The number of likely N-dealkylation sites (N-methyl/N-ethyl adjacent to an activating group) is 7. The Morgan fingerprint density at radius 3 is 1.37 bits per heavy atom. The topological polar surface area (TPSA) is 279 Å². The maximum absolute atomic E-state index is 15.3. The van der Waals surface area contributed by atoms with Gasteiger partial charge in [0.15, 0.2) is 0 Å². The average molecular weight is 1270 g/mol. The van der Waals surface area contributed by atoms with Gasteiger partial charge in [-0.3, -0.25) is 52.7 Å². The molecule has 1 aliphatic heterocycles. The maximum atomic E-state index is 15.3. The minimum atomic E-state index is -1.61. The van der Waals surface area contributed by atoms with Crippen LogP contribution in [0.25, 0.3) is 0 Å². The lowest BCUT2D eigenvalue weighted by Gasteiger charge is -2.41. The van der Waals surface area contributed by atoms with Crippen molar-refractivity contribution >= 4 is 65.0 Å². The highest BCUT2D eigenvalue weighted by Gasteiger charge is 2.46. The van der Waals surface area contributed by atoms with Gasteiger partial charge in [-0.15, -0.1) is 0 Å². The van der Waals surface area contributed by atoms with Gasteiger partial charge < -0.3 is 60.7 Å². The molecule has 1 fully saturated rings. The number of hydrogen-bond donors (Lipinski definition) is 5. The molecule has 23 nitrogen and oxygen atoms in total. The predicted octanol–water partition coefficient (Wildman–Crippen LogP) is 4.33. The van der Waals surface area contributed by atoms with Crippen molar-refractivity contribution in [3.63, 3.8) is 0 Å². The van der Waals surface area contributed by atoms with Crippen LogP contribution in [0.4, 0.5) is 0 Å². The quantitative estimate of drug-likeness (QED) is 0.146. The lowest BCUT2D eigenvalue weighted by Crippen LogP contribution is -2.63. The molecule has 5 N–H and O–H groups in total. The lowest BCUT2D eigenvalue weighted by molar-refractivity contribution is -0.157. The Kier molecular flexibility index (Phi) is 32.1. The van der Waals surface area contributed by atoms with Crippen LogP contribution in [0.2, 0.25) is 0 Å². The smallest absolute Gasteiger partial charge is 0.246 e. The van der Waals surface area contributed by atoms with Crippen LogP contribution < -0.4 is 21.3 Å². The van der Waals surface area contributed by atoms with E-state index in [0.717, 1.165) is 15.4 Å². The Labute approximate surface area is 538 Å². The number of nitrogens with one attached hydrogen (secondary N) is 4. The molecule has 23 heteroatoms. The Morgan fingerprint density at radius 1 is 0.456 bits per heavy atom. The summed E-state index contributed by atoms with van der Waals surface area (Å²) in [5.74, 6) is -9.68. The highest BCUT2D eigenvalue weighted by molar-refractivity contribution is 5.99. The number of hydrogen-bond acceptors (Lipinski definition) is 12. The Morgan fingerprint density at radius 2 is 0.889 bits per heavy atom. The van der Waals surface area contributed by atoms with Crippen molar-refractivity contribution in [1.29, 1.82) is 0 Å². The Balaban J connectivity index is 2.97. The summed E-state index contributed by atoms with van der Waals surface area (Å²) in [5.41, 5.74) is 1.08. The van der Waals surface area contributed by atoms with Crippen molar-refractivity contribution in [1.82, 2.24) is 55.6 Å². The fourth-order valence-electron chi connectivity index (χ4n) is 11.6. The van der Waals surface area contributed by atoms with E-state index in [4.69, 9.17) is 0 Å². The summed E-state index contributed by atoms with van der Waals surface area (Å²) in [4.78, 5) is 170. The van der Waals surface area contributed by atoms with Crippen molar-refractivity contribution in [2.45, 2.75) is 229 Å². The van der Waals surface area contributed by atoms with Crippen LogP contribution in [-0.2, 0) is 59.2 Å². The molecule has 0 aliphatic carbocycles. The first-order chi connectivity index (χ1) is 41.7. The van der Waals surface area contributed by atoms with Gasteiger partial charge in [-0.05, 0) is 112 Å². The van der Waals surface area contributed by atoms with Gasteiger partial charge in [0.1, 0.15) is 60.4 Å². The second-order valence-corrected chi connectivity index (χ2v) is 27.7. The lowest BCUT2D eigenvalue weighted by atomic mass is 9.89.